The summed E-state index contributed by atoms with van der Waals surface area (Å²) in [5.41, 5.74) is 2.00. The molecule has 33 heavy (non-hydrogen) atoms. The van der Waals surface area contributed by atoms with Crippen LogP contribution in [-0.2, 0) is 6.54 Å². The van der Waals surface area contributed by atoms with Crippen LogP contribution in [0.25, 0.3) is 11.0 Å². The summed E-state index contributed by atoms with van der Waals surface area (Å²) in [7, 11) is 0. The molecule has 168 valence electrons. The Balaban J connectivity index is 1.23. The van der Waals surface area contributed by atoms with Crippen LogP contribution in [0.1, 0.15) is 10.5 Å². The van der Waals surface area contributed by atoms with Crippen LogP contribution in [0.2, 0.25) is 0 Å². The van der Waals surface area contributed by atoms with Crippen molar-refractivity contribution in [2.24, 2.45) is 0 Å². The van der Waals surface area contributed by atoms with Crippen molar-refractivity contribution in [3.63, 3.8) is 0 Å². The van der Waals surface area contributed by atoms with Gasteiger partial charge in [0.1, 0.15) is 23.7 Å². The van der Waals surface area contributed by atoms with Crippen molar-refractivity contribution in [3.05, 3.63) is 66.9 Å². The number of carbonyl (C=O) groups is 1. The number of carbonyl (C=O) groups excluding carboxylic acids is 1. The van der Waals surface area contributed by atoms with Gasteiger partial charge in [-0.1, -0.05) is 0 Å². The molecule has 1 amide bonds. The number of hydrogen-bond donors (Lipinski definition) is 1. The van der Waals surface area contributed by atoms with Gasteiger partial charge in [-0.05, 0) is 24.3 Å². The van der Waals surface area contributed by atoms with Gasteiger partial charge in [0.15, 0.2) is 5.65 Å². The topological polar surface area (TPSA) is 105 Å². The van der Waals surface area contributed by atoms with Crippen molar-refractivity contribution >= 4 is 28.4 Å². The molecule has 4 heterocycles. The Morgan fingerprint density at radius 2 is 1.76 bits per heavy atom. The zero-order valence-electron chi connectivity index (χ0n) is 17.8. The van der Waals surface area contributed by atoms with E-state index in [1.165, 1.54) is 30.7 Å². The van der Waals surface area contributed by atoms with E-state index in [0.29, 0.717) is 13.1 Å². The van der Waals surface area contributed by atoms with E-state index in [4.69, 9.17) is 0 Å². The van der Waals surface area contributed by atoms with Gasteiger partial charge in [0.25, 0.3) is 5.91 Å². The summed E-state index contributed by atoms with van der Waals surface area (Å²) in [4.78, 5) is 33.4. The molecule has 1 aliphatic heterocycles. The van der Waals surface area contributed by atoms with E-state index in [1.807, 2.05) is 0 Å². The molecule has 3 aromatic heterocycles. The van der Waals surface area contributed by atoms with Crippen LogP contribution in [0.15, 0.2) is 55.4 Å². The summed E-state index contributed by atoms with van der Waals surface area (Å²) in [5, 5.41) is 8.14. The number of benzene rings is 1. The van der Waals surface area contributed by atoms with E-state index in [1.54, 1.807) is 29.3 Å². The van der Waals surface area contributed by atoms with Gasteiger partial charge in [0, 0.05) is 50.8 Å². The molecule has 0 radical (unpaired) electrons. The number of anilines is 2. The van der Waals surface area contributed by atoms with E-state index >= 15 is 0 Å². The summed E-state index contributed by atoms with van der Waals surface area (Å²) in [5.74, 6) is 0.327. The number of amides is 1. The van der Waals surface area contributed by atoms with Crippen molar-refractivity contribution in [1.29, 1.82) is 0 Å². The highest BCUT2D eigenvalue weighted by Crippen LogP contribution is 2.25. The first-order valence-corrected chi connectivity index (χ1v) is 10.7. The number of nitrogens with one attached hydrogen (secondary N) is 1. The molecule has 0 saturated carbocycles. The van der Waals surface area contributed by atoms with Crippen LogP contribution in [0.5, 0.6) is 0 Å². The lowest BCUT2D eigenvalue weighted by Crippen LogP contribution is -2.46. The molecule has 0 atom stereocenters. The Hall–Kier alpha value is -4.15. The van der Waals surface area contributed by atoms with E-state index < -0.39 is 0 Å². The van der Waals surface area contributed by atoms with Gasteiger partial charge in [-0.3, -0.25) is 9.78 Å². The summed E-state index contributed by atoms with van der Waals surface area (Å²) < 4.78 is 15.0. The number of rotatable bonds is 6. The zero-order chi connectivity index (χ0) is 22.6. The predicted octanol–water partition coefficient (Wildman–Crippen LogP) is 1.51. The maximum Gasteiger partial charge on any atom is 0.271 e. The van der Waals surface area contributed by atoms with Crippen molar-refractivity contribution in [2.45, 2.75) is 6.54 Å². The molecule has 1 aromatic carbocycles. The minimum atomic E-state index is -0.283. The summed E-state index contributed by atoms with van der Waals surface area (Å²) in [6.07, 6.45) is 7.73. The third-order valence-electron chi connectivity index (χ3n) is 5.59. The fourth-order valence-electron chi connectivity index (χ4n) is 3.91. The first-order valence-electron chi connectivity index (χ1n) is 10.7. The highest BCUT2D eigenvalue weighted by atomic mass is 19.1. The lowest BCUT2D eigenvalue weighted by Gasteiger charge is -2.36. The predicted molar refractivity (Wildman–Crippen MR) is 121 cm³/mol. The fourth-order valence-corrected chi connectivity index (χ4v) is 3.91. The monoisotopic (exact) mass is 447 g/mol. The molecule has 10 nitrogen and oxygen atoms in total. The molecule has 0 bridgehead atoms. The van der Waals surface area contributed by atoms with E-state index in [-0.39, 0.29) is 17.4 Å². The van der Waals surface area contributed by atoms with Crippen molar-refractivity contribution in [1.82, 2.24) is 35.0 Å². The summed E-state index contributed by atoms with van der Waals surface area (Å²) >= 11 is 0. The van der Waals surface area contributed by atoms with Gasteiger partial charge in [-0.2, -0.15) is 5.10 Å². The number of nitrogens with zero attached hydrogens (tertiary/aromatic N) is 8. The van der Waals surface area contributed by atoms with Gasteiger partial charge in [-0.25, -0.2) is 24.0 Å². The minimum absolute atomic E-state index is 0.230. The molecule has 0 aliphatic carbocycles. The maximum absolute atomic E-state index is 13.2. The molecule has 1 fully saturated rings. The minimum Gasteiger partial charge on any atom is -0.368 e. The maximum atomic E-state index is 13.2. The molecule has 5 rings (SSSR count). The number of fused-ring (bicyclic) bond motifs is 1. The average molecular weight is 447 g/mol. The SMILES string of the molecule is O=C(NCCn1ncc2c(N3CCN(c4ccc(F)cc4)CC3)ncnc21)c1cnccn1. The molecule has 0 unspecified atom stereocenters. The number of piperazine rings is 1. The van der Waals surface area contributed by atoms with Crippen LogP contribution in [0.4, 0.5) is 15.9 Å². The van der Waals surface area contributed by atoms with Gasteiger partial charge in [0.05, 0.1) is 24.3 Å². The number of hydrogen-bond acceptors (Lipinski definition) is 8. The highest BCUT2D eigenvalue weighted by molar-refractivity contribution is 5.91. The van der Waals surface area contributed by atoms with E-state index in [9.17, 15) is 9.18 Å². The average Bonchev–Trinajstić information content (AvgIpc) is 3.28. The largest absolute Gasteiger partial charge is 0.368 e. The van der Waals surface area contributed by atoms with Crippen LogP contribution in [0, 0.1) is 5.82 Å². The summed E-state index contributed by atoms with van der Waals surface area (Å²) in [6.45, 7) is 4.01. The van der Waals surface area contributed by atoms with Crippen molar-refractivity contribution in [3.8, 4) is 0 Å². The Morgan fingerprint density at radius 1 is 0.970 bits per heavy atom. The number of halogens is 1. The number of aromatic nitrogens is 6. The summed E-state index contributed by atoms with van der Waals surface area (Å²) in [6, 6.07) is 6.58. The molecule has 4 aromatic rings. The standard InChI is InChI=1S/C22H22FN9O/c23-16-1-3-17(4-2-16)30-9-11-31(12-10-30)20-18-13-29-32(21(18)28-15-27-20)8-7-26-22(33)19-14-24-5-6-25-19/h1-6,13-15H,7-12H2,(H,26,33). The normalized spacial score (nSPS) is 14.0. The molecule has 0 spiro atoms. The van der Waals surface area contributed by atoms with E-state index in [0.717, 1.165) is 48.7 Å². The second kappa shape index (κ2) is 9.15. The lowest BCUT2D eigenvalue weighted by atomic mass is 10.2. The molecular formula is C22H22FN9O. The van der Waals surface area contributed by atoms with Gasteiger partial charge in [-0.15, -0.1) is 0 Å². The van der Waals surface area contributed by atoms with Crippen LogP contribution >= 0.6 is 0 Å². The van der Waals surface area contributed by atoms with Crippen molar-refractivity contribution < 1.29 is 9.18 Å². The van der Waals surface area contributed by atoms with E-state index in [2.05, 4.69) is 40.2 Å². The molecular weight excluding hydrogens is 425 g/mol. The first kappa shape index (κ1) is 20.7. The molecule has 11 heteroatoms. The second-order valence-electron chi connectivity index (χ2n) is 7.60. The molecule has 1 saturated heterocycles. The van der Waals surface area contributed by atoms with Gasteiger partial charge in [0.2, 0.25) is 0 Å². The smallest absolute Gasteiger partial charge is 0.271 e. The third-order valence-corrected chi connectivity index (χ3v) is 5.59. The Kier molecular flexibility index (Phi) is 5.75. The van der Waals surface area contributed by atoms with Crippen LogP contribution in [0.3, 0.4) is 0 Å². The lowest BCUT2D eigenvalue weighted by molar-refractivity contribution is 0.0946. The molecule has 1 N–H and O–H groups in total. The Bertz CT molecular complexity index is 1240. The molecule has 1 aliphatic rings. The quantitative estimate of drug-likeness (QED) is 0.474. The van der Waals surface area contributed by atoms with Crippen LogP contribution in [-0.4, -0.2) is 68.3 Å². The van der Waals surface area contributed by atoms with Gasteiger partial charge < -0.3 is 15.1 Å². The van der Waals surface area contributed by atoms with Crippen LogP contribution < -0.4 is 15.1 Å². The zero-order valence-corrected chi connectivity index (χ0v) is 17.8. The third kappa shape index (κ3) is 4.43. The van der Waals surface area contributed by atoms with Gasteiger partial charge >= 0.3 is 0 Å². The van der Waals surface area contributed by atoms with Crippen molar-refractivity contribution in [2.75, 3.05) is 42.5 Å². The Morgan fingerprint density at radius 3 is 2.52 bits per heavy atom. The fraction of sp³-hybridized carbons (Fsp3) is 0.273. The first-order chi connectivity index (χ1) is 16.2. The Labute approximate surface area is 189 Å². The second-order valence-corrected chi connectivity index (χ2v) is 7.60. The highest BCUT2D eigenvalue weighted by Gasteiger charge is 2.21.